The van der Waals surface area contributed by atoms with Crippen molar-refractivity contribution in [3.05, 3.63) is 36.3 Å². The van der Waals surface area contributed by atoms with Crippen LogP contribution in [0, 0.1) is 0 Å². The summed E-state index contributed by atoms with van der Waals surface area (Å²) in [5.41, 5.74) is 1.59. The van der Waals surface area contributed by atoms with Crippen LogP contribution in [0.25, 0.3) is 11.4 Å². The van der Waals surface area contributed by atoms with Crippen molar-refractivity contribution in [3.8, 4) is 17.1 Å². The van der Waals surface area contributed by atoms with Gasteiger partial charge in [0.15, 0.2) is 23.1 Å². The Morgan fingerprint density at radius 1 is 1.14 bits per heavy atom. The molecule has 12 nitrogen and oxygen atoms in total. The molecule has 3 N–H and O–H groups in total. The van der Waals surface area contributed by atoms with Crippen LogP contribution in [0.2, 0.25) is 0 Å². The predicted molar refractivity (Wildman–Crippen MR) is 133 cm³/mol. The lowest BCUT2D eigenvalue weighted by atomic mass is 10.1. The van der Waals surface area contributed by atoms with Crippen LogP contribution >= 0.6 is 0 Å². The molecule has 12 heteroatoms. The van der Waals surface area contributed by atoms with Crippen LogP contribution in [0.5, 0.6) is 5.75 Å². The monoisotopic (exact) mass is 484 g/mol. The van der Waals surface area contributed by atoms with E-state index in [1.165, 1.54) is 20.2 Å². The molecule has 0 fully saturated rings. The molecule has 2 heterocycles. The molecule has 1 aromatic carbocycles. The third-order valence-electron chi connectivity index (χ3n) is 4.51. The van der Waals surface area contributed by atoms with Crippen LogP contribution in [-0.2, 0) is 16.6 Å². The smallest absolute Gasteiger partial charge is 0.273 e. The SMILES string of the molecule is CC.CCOCCC(=O)Nc1cc(Nc2cccc(-c3ncn(C)n3)c2OC)c(C(=O)NC)nn1. The number of carbonyl (C=O) groups is 2. The molecule has 0 bridgehead atoms. The number of hydrogen-bond acceptors (Lipinski definition) is 9. The number of nitrogens with zero attached hydrogens (tertiary/aromatic N) is 5. The van der Waals surface area contributed by atoms with Crippen LogP contribution in [0.15, 0.2) is 30.6 Å². The second-order valence-electron chi connectivity index (χ2n) is 6.82. The summed E-state index contributed by atoms with van der Waals surface area (Å²) in [5.74, 6) is 0.427. The standard InChI is InChI=1S/C21H26N8O4.C2H6/c1-5-33-10-9-17(30)25-16-11-15(18(27-26-16)21(31)22-2)24-14-8-6-7-13(19(14)32-4)20-23-12-29(3)28-20;1-2/h6-8,11-12H,5,9-10H2,1-4H3,(H,22,31)(H2,24,25,26,30);1-2H3. The van der Waals surface area contributed by atoms with Gasteiger partial charge in [-0.2, -0.15) is 5.10 Å². The Kier molecular flexibility index (Phi) is 10.6. The number of aromatic nitrogens is 5. The van der Waals surface area contributed by atoms with Gasteiger partial charge in [0.05, 0.1) is 37.1 Å². The topological polar surface area (TPSA) is 145 Å². The largest absolute Gasteiger partial charge is 0.494 e. The zero-order chi connectivity index (χ0) is 25.8. The number of carbonyl (C=O) groups excluding carboxylic acids is 2. The number of aryl methyl sites for hydroxylation is 1. The van der Waals surface area contributed by atoms with Crippen LogP contribution in [-0.4, -0.2) is 64.1 Å². The summed E-state index contributed by atoms with van der Waals surface area (Å²) in [7, 11) is 4.79. The maximum atomic E-state index is 12.4. The molecule has 2 aromatic heterocycles. The molecule has 35 heavy (non-hydrogen) atoms. The van der Waals surface area contributed by atoms with Crippen molar-refractivity contribution in [2.24, 2.45) is 7.05 Å². The molecule has 0 saturated carbocycles. The molecule has 0 aliphatic heterocycles. The Hall–Kier alpha value is -4.06. The fourth-order valence-electron chi connectivity index (χ4n) is 2.99. The molecular weight excluding hydrogens is 452 g/mol. The van der Waals surface area contributed by atoms with Crippen LogP contribution < -0.4 is 20.7 Å². The number of rotatable bonds is 10. The highest BCUT2D eigenvalue weighted by molar-refractivity contribution is 5.99. The van der Waals surface area contributed by atoms with Crippen molar-refractivity contribution in [3.63, 3.8) is 0 Å². The van der Waals surface area contributed by atoms with E-state index in [0.29, 0.717) is 41.7 Å². The maximum absolute atomic E-state index is 12.4. The van der Waals surface area contributed by atoms with Crippen molar-refractivity contribution in [1.82, 2.24) is 30.3 Å². The summed E-state index contributed by atoms with van der Waals surface area (Å²) < 4.78 is 12.4. The summed E-state index contributed by atoms with van der Waals surface area (Å²) in [6.45, 7) is 6.67. The summed E-state index contributed by atoms with van der Waals surface area (Å²) in [5, 5.41) is 20.6. The Morgan fingerprint density at radius 3 is 2.54 bits per heavy atom. The first-order valence-corrected chi connectivity index (χ1v) is 11.2. The van der Waals surface area contributed by atoms with Crippen molar-refractivity contribution in [2.45, 2.75) is 27.2 Å². The van der Waals surface area contributed by atoms with Gasteiger partial charge >= 0.3 is 0 Å². The van der Waals surface area contributed by atoms with Gasteiger partial charge in [0, 0.05) is 26.8 Å². The number of para-hydroxylation sites is 1. The third kappa shape index (κ3) is 7.21. The Labute approximate surface area is 204 Å². The lowest BCUT2D eigenvalue weighted by Gasteiger charge is -2.16. The number of benzene rings is 1. The maximum Gasteiger partial charge on any atom is 0.273 e. The molecule has 0 saturated heterocycles. The van der Waals surface area contributed by atoms with Gasteiger partial charge in [-0.1, -0.05) is 19.9 Å². The summed E-state index contributed by atoms with van der Waals surface area (Å²) in [6.07, 6.45) is 1.76. The number of amides is 2. The minimum absolute atomic E-state index is 0.0493. The molecule has 0 aliphatic carbocycles. The molecule has 0 aliphatic rings. The van der Waals surface area contributed by atoms with E-state index >= 15 is 0 Å². The number of methoxy groups -OCH3 is 1. The van der Waals surface area contributed by atoms with E-state index in [2.05, 4.69) is 36.2 Å². The van der Waals surface area contributed by atoms with Gasteiger partial charge in [-0.3, -0.25) is 14.3 Å². The molecule has 2 amide bonds. The molecular formula is C23H32N8O4. The Balaban J connectivity index is 0.00000210. The number of anilines is 3. The minimum atomic E-state index is -0.444. The van der Waals surface area contributed by atoms with E-state index in [0.717, 1.165) is 0 Å². The van der Waals surface area contributed by atoms with Crippen molar-refractivity contribution >= 4 is 29.0 Å². The highest BCUT2D eigenvalue weighted by atomic mass is 16.5. The van der Waals surface area contributed by atoms with Gasteiger partial charge in [0.25, 0.3) is 5.91 Å². The average Bonchev–Trinajstić information content (AvgIpc) is 3.31. The van der Waals surface area contributed by atoms with E-state index in [1.54, 1.807) is 30.2 Å². The molecule has 3 aromatic rings. The fraction of sp³-hybridized carbons (Fsp3) is 0.391. The highest BCUT2D eigenvalue weighted by Gasteiger charge is 2.19. The first-order chi connectivity index (χ1) is 17.0. The first-order valence-electron chi connectivity index (χ1n) is 11.2. The van der Waals surface area contributed by atoms with Gasteiger partial charge < -0.3 is 25.4 Å². The van der Waals surface area contributed by atoms with E-state index in [4.69, 9.17) is 9.47 Å². The third-order valence-corrected chi connectivity index (χ3v) is 4.51. The van der Waals surface area contributed by atoms with Crippen LogP contribution in [0.3, 0.4) is 0 Å². The van der Waals surface area contributed by atoms with Crippen molar-refractivity contribution in [2.75, 3.05) is 38.0 Å². The zero-order valence-electron chi connectivity index (χ0n) is 20.9. The van der Waals surface area contributed by atoms with E-state index in [9.17, 15) is 9.59 Å². The average molecular weight is 485 g/mol. The van der Waals surface area contributed by atoms with Gasteiger partial charge in [0.1, 0.15) is 6.33 Å². The van der Waals surface area contributed by atoms with Crippen LogP contribution in [0.4, 0.5) is 17.2 Å². The van der Waals surface area contributed by atoms with Crippen molar-refractivity contribution < 1.29 is 19.1 Å². The normalized spacial score (nSPS) is 10.1. The molecule has 0 spiro atoms. The van der Waals surface area contributed by atoms with Gasteiger partial charge in [-0.25, -0.2) is 4.98 Å². The number of ether oxygens (including phenoxy) is 2. The Morgan fingerprint density at radius 2 is 1.91 bits per heavy atom. The lowest BCUT2D eigenvalue weighted by Crippen LogP contribution is -2.22. The van der Waals surface area contributed by atoms with E-state index in [-0.39, 0.29) is 23.8 Å². The van der Waals surface area contributed by atoms with Crippen LogP contribution in [0.1, 0.15) is 37.7 Å². The summed E-state index contributed by atoms with van der Waals surface area (Å²) in [6, 6.07) is 6.94. The van der Waals surface area contributed by atoms with Gasteiger partial charge in [0.2, 0.25) is 5.91 Å². The van der Waals surface area contributed by atoms with Gasteiger partial charge in [-0.15, -0.1) is 10.2 Å². The second-order valence-corrected chi connectivity index (χ2v) is 6.82. The zero-order valence-corrected chi connectivity index (χ0v) is 20.9. The summed E-state index contributed by atoms with van der Waals surface area (Å²) >= 11 is 0. The fourth-order valence-corrected chi connectivity index (χ4v) is 2.99. The molecule has 0 atom stereocenters. The number of hydrogen-bond donors (Lipinski definition) is 3. The van der Waals surface area contributed by atoms with E-state index < -0.39 is 5.91 Å². The minimum Gasteiger partial charge on any atom is -0.494 e. The molecule has 0 unspecified atom stereocenters. The number of nitrogens with one attached hydrogen (secondary N) is 3. The molecule has 0 radical (unpaired) electrons. The lowest BCUT2D eigenvalue weighted by molar-refractivity contribution is -0.117. The van der Waals surface area contributed by atoms with E-state index in [1.807, 2.05) is 26.8 Å². The Bertz CT molecular complexity index is 1130. The molecule has 3 rings (SSSR count). The van der Waals surface area contributed by atoms with Crippen molar-refractivity contribution in [1.29, 1.82) is 0 Å². The quantitative estimate of drug-likeness (QED) is 0.370. The predicted octanol–water partition coefficient (Wildman–Crippen LogP) is 2.78. The first kappa shape index (κ1) is 27.2. The van der Waals surface area contributed by atoms with Gasteiger partial charge in [-0.05, 0) is 19.1 Å². The highest BCUT2D eigenvalue weighted by Crippen LogP contribution is 2.37. The summed E-state index contributed by atoms with van der Waals surface area (Å²) in [4.78, 5) is 28.8. The molecule has 188 valence electrons. The second kappa shape index (κ2) is 13.6.